The van der Waals surface area contributed by atoms with Crippen molar-refractivity contribution in [2.24, 2.45) is 0 Å². The topological polar surface area (TPSA) is 41.6 Å². The van der Waals surface area contributed by atoms with Gasteiger partial charge in [-0.25, -0.2) is 4.79 Å². The smallest absolute Gasteiger partial charge is 0.337 e. The van der Waals surface area contributed by atoms with Crippen LogP contribution in [-0.2, 0) is 9.53 Å². The van der Waals surface area contributed by atoms with Crippen molar-refractivity contribution >= 4 is 5.97 Å². The Labute approximate surface area is 83.9 Å². The Morgan fingerprint density at radius 3 is 3.21 bits per heavy atom. The van der Waals surface area contributed by atoms with Gasteiger partial charge in [0, 0.05) is 19.6 Å². The molecule has 0 aromatic rings. The van der Waals surface area contributed by atoms with E-state index in [0.29, 0.717) is 6.61 Å². The van der Waals surface area contributed by atoms with Crippen molar-refractivity contribution in [3.8, 4) is 0 Å². The van der Waals surface area contributed by atoms with Gasteiger partial charge in [-0.05, 0) is 19.8 Å². The molecule has 2 aliphatic rings. The number of carbonyl (C=O) groups excluding carboxylic acids is 1. The van der Waals surface area contributed by atoms with Gasteiger partial charge in [0.2, 0.25) is 0 Å². The molecule has 0 bridgehead atoms. The van der Waals surface area contributed by atoms with Gasteiger partial charge in [0.15, 0.2) is 0 Å². The lowest BCUT2D eigenvalue weighted by molar-refractivity contribution is -0.139. The zero-order chi connectivity index (χ0) is 9.97. The Kier molecular flexibility index (Phi) is 2.61. The minimum atomic E-state index is -0.151. The second kappa shape index (κ2) is 3.90. The van der Waals surface area contributed by atoms with E-state index in [2.05, 4.69) is 10.2 Å². The average molecular weight is 196 g/mol. The van der Waals surface area contributed by atoms with Crippen LogP contribution in [0.2, 0.25) is 0 Å². The van der Waals surface area contributed by atoms with Crippen LogP contribution in [0.5, 0.6) is 0 Å². The van der Waals surface area contributed by atoms with Gasteiger partial charge in [-0.2, -0.15) is 0 Å². The molecule has 1 fully saturated rings. The third-order valence-corrected chi connectivity index (χ3v) is 2.65. The standard InChI is InChI=1S/C10H16N2O2/c1-2-14-10(13)8-4-3-6-12-7-5-11-9(8)12/h11H,2-7H2,1H3. The predicted octanol–water partition coefficient (Wildman–Crippen LogP) is 0.460. The van der Waals surface area contributed by atoms with Crippen LogP contribution < -0.4 is 5.32 Å². The highest BCUT2D eigenvalue weighted by Gasteiger charge is 2.28. The van der Waals surface area contributed by atoms with Gasteiger partial charge >= 0.3 is 5.97 Å². The summed E-state index contributed by atoms with van der Waals surface area (Å²) in [5.74, 6) is 0.858. The minimum absolute atomic E-state index is 0.151. The summed E-state index contributed by atoms with van der Waals surface area (Å²) < 4.78 is 5.03. The highest BCUT2D eigenvalue weighted by Crippen LogP contribution is 2.23. The quantitative estimate of drug-likeness (QED) is 0.651. The van der Waals surface area contributed by atoms with Crippen LogP contribution in [0, 0.1) is 0 Å². The highest BCUT2D eigenvalue weighted by molar-refractivity contribution is 5.89. The molecule has 2 heterocycles. The number of hydrogen-bond acceptors (Lipinski definition) is 4. The highest BCUT2D eigenvalue weighted by atomic mass is 16.5. The summed E-state index contributed by atoms with van der Waals surface area (Å²) in [7, 11) is 0. The summed E-state index contributed by atoms with van der Waals surface area (Å²) >= 11 is 0. The maximum atomic E-state index is 11.6. The Balaban J connectivity index is 2.18. The first-order valence-electron chi connectivity index (χ1n) is 5.22. The SMILES string of the molecule is CCOC(=O)C1=C2NCCN2CCC1. The van der Waals surface area contributed by atoms with Gasteiger partial charge in [-0.1, -0.05) is 0 Å². The van der Waals surface area contributed by atoms with E-state index in [1.54, 1.807) is 0 Å². The van der Waals surface area contributed by atoms with E-state index in [0.717, 1.165) is 43.9 Å². The van der Waals surface area contributed by atoms with Crippen LogP contribution >= 0.6 is 0 Å². The van der Waals surface area contributed by atoms with E-state index < -0.39 is 0 Å². The molecule has 0 amide bonds. The predicted molar refractivity (Wildman–Crippen MR) is 52.5 cm³/mol. The maximum absolute atomic E-state index is 11.6. The molecule has 0 atom stereocenters. The van der Waals surface area contributed by atoms with E-state index in [1.165, 1.54) is 0 Å². The molecule has 0 aromatic heterocycles. The van der Waals surface area contributed by atoms with Crippen molar-refractivity contribution in [1.29, 1.82) is 0 Å². The molecule has 1 saturated heterocycles. The fourth-order valence-electron chi connectivity index (χ4n) is 2.04. The number of fused-ring (bicyclic) bond motifs is 1. The number of ether oxygens (including phenoxy) is 1. The van der Waals surface area contributed by atoms with E-state index in [9.17, 15) is 4.79 Å². The van der Waals surface area contributed by atoms with Crippen LogP contribution in [0.4, 0.5) is 0 Å². The van der Waals surface area contributed by atoms with Crippen molar-refractivity contribution < 1.29 is 9.53 Å². The number of nitrogens with zero attached hydrogens (tertiary/aromatic N) is 1. The molecule has 0 aromatic carbocycles. The number of rotatable bonds is 2. The summed E-state index contributed by atoms with van der Waals surface area (Å²) in [6.07, 6.45) is 1.90. The number of nitrogens with one attached hydrogen (secondary N) is 1. The summed E-state index contributed by atoms with van der Waals surface area (Å²) in [6, 6.07) is 0. The van der Waals surface area contributed by atoms with Crippen molar-refractivity contribution in [3.63, 3.8) is 0 Å². The largest absolute Gasteiger partial charge is 0.463 e. The first-order valence-corrected chi connectivity index (χ1v) is 5.22. The molecule has 1 N–H and O–H groups in total. The molecule has 2 aliphatic heterocycles. The van der Waals surface area contributed by atoms with Gasteiger partial charge < -0.3 is 15.0 Å². The second-order valence-corrected chi connectivity index (χ2v) is 3.57. The van der Waals surface area contributed by atoms with Gasteiger partial charge in [0.1, 0.15) is 5.82 Å². The summed E-state index contributed by atoms with van der Waals surface area (Å²) in [4.78, 5) is 13.8. The Hall–Kier alpha value is -1.19. The van der Waals surface area contributed by atoms with Gasteiger partial charge in [0.05, 0.1) is 12.2 Å². The van der Waals surface area contributed by atoms with Gasteiger partial charge in [-0.15, -0.1) is 0 Å². The lowest BCUT2D eigenvalue weighted by Crippen LogP contribution is -2.30. The second-order valence-electron chi connectivity index (χ2n) is 3.57. The first kappa shape index (κ1) is 9.37. The zero-order valence-electron chi connectivity index (χ0n) is 8.51. The molecule has 2 rings (SSSR count). The summed E-state index contributed by atoms with van der Waals surface area (Å²) in [5, 5.41) is 3.25. The van der Waals surface area contributed by atoms with E-state index in [4.69, 9.17) is 4.74 Å². The molecule has 0 radical (unpaired) electrons. The molecule has 0 spiro atoms. The van der Waals surface area contributed by atoms with Gasteiger partial charge in [-0.3, -0.25) is 0 Å². The number of esters is 1. The number of carbonyl (C=O) groups is 1. The summed E-state index contributed by atoms with van der Waals surface area (Å²) in [6.45, 7) is 5.31. The molecular formula is C10H16N2O2. The molecular weight excluding hydrogens is 180 g/mol. The lowest BCUT2D eigenvalue weighted by Gasteiger charge is -2.26. The Morgan fingerprint density at radius 1 is 1.57 bits per heavy atom. The van der Waals surface area contributed by atoms with Crippen LogP contribution in [0.25, 0.3) is 0 Å². The van der Waals surface area contributed by atoms with Crippen LogP contribution in [0.3, 0.4) is 0 Å². The van der Waals surface area contributed by atoms with Crippen molar-refractivity contribution in [2.75, 3.05) is 26.2 Å². The lowest BCUT2D eigenvalue weighted by atomic mass is 10.1. The van der Waals surface area contributed by atoms with Crippen LogP contribution in [-0.4, -0.2) is 37.1 Å². The van der Waals surface area contributed by atoms with E-state index in [1.807, 2.05) is 6.92 Å². The van der Waals surface area contributed by atoms with Crippen LogP contribution in [0.15, 0.2) is 11.4 Å². The van der Waals surface area contributed by atoms with Crippen molar-refractivity contribution in [1.82, 2.24) is 10.2 Å². The number of hydrogen-bond donors (Lipinski definition) is 1. The summed E-state index contributed by atoms with van der Waals surface area (Å²) in [5.41, 5.74) is 0.829. The first-order chi connectivity index (χ1) is 6.83. The molecule has 4 heteroatoms. The third-order valence-electron chi connectivity index (χ3n) is 2.65. The monoisotopic (exact) mass is 196 g/mol. The molecule has 0 unspecified atom stereocenters. The minimum Gasteiger partial charge on any atom is -0.463 e. The third kappa shape index (κ3) is 1.56. The van der Waals surface area contributed by atoms with Crippen LogP contribution in [0.1, 0.15) is 19.8 Å². The van der Waals surface area contributed by atoms with Crippen molar-refractivity contribution in [3.05, 3.63) is 11.4 Å². The maximum Gasteiger partial charge on any atom is 0.337 e. The Bertz CT molecular complexity index is 273. The van der Waals surface area contributed by atoms with Crippen molar-refractivity contribution in [2.45, 2.75) is 19.8 Å². The molecule has 78 valence electrons. The van der Waals surface area contributed by atoms with E-state index in [-0.39, 0.29) is 5.97 Å². The zero-order valence-corrected chi connectivity index (χ0v) is 8.51. The molecule has 14 heavy (non-hydrogen) atoms. The fourth-order valence-corrected chi connectivity index (χ4v) is 2.04. The molecule has 0 aliphatic carbocycles. The van der Waals surface area contributed by atoms with Gasteiger partial charge in [0.25, 0.3) is 0 Å². The fraction of sp³-hybridized carbons (Fsp3) is 0.700. The normalized spacial score (nSPS) is 20.5. The Morgan fingerprint density at radius 2 is 2.43 bits per heavy atom. The molecule has 4 nitrogen and oxygen atoms in total. The average Bonchev–Trinajstić information content (AvgIpc) is 2.65. The molecule has 0 saturated carbocycles. The van der Waals surface area contributed by atoms with E-state index >= 15 is 0 Å².